The number of hydrogen-bond acceptors (Lipinski definition) is 1. The van der Waals surface area contributed by atoms with Gasteiger partial charge in [0.15, 0.2) is 0 Å². The van der Waals surface area contributed by atoms with Crippen LogP contribution in [0, 0.1) is 0 Å². The largest absolute Gasteiger partial charge is 0.508 e. The lowest BCUT2D eigenvalue weighted by Crippen LogP contribution is -2.01. The first kappa shape index (κ1) is 17.0. The van der Waals surface area contributed by atoms with Crippen LogP contribution in [0.2, 0.25) is 0 Å². The second-order valence-electron chi connectivity index (χ2n) is 7.55. The van der Waals surface area contributed by atoms with E-state index in [1.165, 1.54) is 66.2 Å². The number of aliphatic hydroxyl groups is 1. The van der Waals surface area contributed by atoms with Crippen molar-refractivity contribution in [1.82, 2.24) is 4.57 Å². The SMILES string of the molecule is C=C(O)c1ccc2c(C3CCCCCC3)c(-c3ccccc3)n(C)c2c1. The Hall–Kier alpha value is -2.48. The molecule has 2 nitrogen and oxygen atoms in total. The number of aryl methyl sites for hydroxylation is 1. The van der Waals surface area contributed by atoms with Gasteiger partial charge in [-0.2, -0.15) is 0 Å². The molecule has 1 N–H and O–H groups in total. The van der Waals surface area contributed by atoms with E-state index in [0.717, 1.165) is 5.56 Å². The van der Waals surface area contributed by atoms with E-state index in [-0.39, 0.29) is 5.76 Å². The minimum Gasteiger partial charge on any atom is -0.508 e. The summed E-state index contributed by atoms with van der Waals surface area (Å²) in [5.74, 6) is 0.741. The maximum absolute atomic E-state index is 9.85. The predicted octanol–water partition coefficient (Wildman–Crippen LogP) is 6.81. The first-order valence-electron chi connectivity index (χ1n) is 9.73. The molecular formula is C24H27NO. The third kappa shape index (κ3) is 2.94. The molecule has 0 bridgehead atoms. The molecule has 0 saturated heterocycles. The normalized spacial score (nSPS) is 15.9. The van der Waals surface area contributed by atoms with Gasteiger partial charge in [-0.25, -0.2) is 0 Å². The van der Waals surface area contributed by atoms with Gasteiger partial charge in [-0.05, 0) is 36.0 Å². The van der Waals surface area contributed by atoms with E-state index < -0.39 is 0 Å². The average molecular weight is 345 g/mol. The molecule has 1 aromatic heterocycles. The Morgan fingerprint density at radius 3 is 2.35 bits per heavy atom. The van der Waals surface area contributed by atoms with Crippen molar-refractivity contribution >= 4 is 16.7 Å². The van der Waals surface area contributed by atoms with E-state index in [1.54, 1.807) is 0 Å². The molecule has 4 rings (SSSR count). The van der Waals surface area contributed by atoms with Crippen molar-refractivity contribution in [1.29, 1.82) is 0 Å². The van der Waals surface area contributed by atoms with Crippen LogP contribution in [0.5, 0.6) is 0 Å². The topological polar surface area (TPSA) is 25.2 Å². The fraction of sp³-hybridized carbons (Fsp3) is 0.333. The molecule has 2 heteroatoms. The van der Waals surface area contributed by atoms with E-state index in [0.29, 0.717) is 5.92 Å². The average Bonchev–Trinajstić information content (AvgIpc) is 2.82. The third-order valence-corrected chi connectivity index (χ3v) is 5.88. The Bertz CT molecular complexity index is 928. The molecule has 0 aliphatic heterocycles. The molecule has 0 amide bonds. The first-order valence-corrected chi connectivity index (χ1v) is 9.73. The highest BCUT2D eigenvalue weighted by atomic mass is 16.3. The molecular weight excluding hydrogens is 318 g/mol. The minimum atomic E-state index is 0.130. The Morgan fingerprint density at radius 2 is 1.69 bits per heavy atom. The molecule has 0 spiro atoms. The first-order chi connectivity index (χ1) is 12.7. The van der Waals surface area contributed by atoms with Crippen LogP contribution in [0.3, 0.4) is 0 Å². The van der Waals surface area contributed by atoms with Crippen molar-refractivity contribution < 1.29 is 5.11 Å². The van der Waals surface area contributed by atoms with Crippen LogP contribution in [-0.2, 0) is 7.05 Å². The van der Waals surface area contributed by atoms with Crippen LogP contribution < -0.4 is 0 Å². The van der Waals surface area contributed by atoms with E-state index in [1.807, 2.05) is 6.07 Å². The van der Waals surface area contributed by atoms with Gasteiger partial charge in [-0.3, -0.25) is 0 Å². The molecule has 0 radical (unpaired) electrons. The Kier molecular flexibility index (Phi) is 4.58. The van der Waals surface area contributed by atoms with Crippen molar-refractivity contribution in [2.24, 2.45) is 7.05 Å². The van der Waals surface area contributed by atoms with Gasteiger partial charge < -0.3 is 9.67 Å². The molecule has 26 heavy (non-hydrogen) atoms. The summed E-state index contributed by atoms with van der Waals surface area (Å²) in [5.41, 5.74) is 6.06. The minimum absolute atomic E-state index is 0.130. The highest BCUT2D eigenvalue weighted by Crippen LogP contribution is 2.43. The van der Waals surface area contributed by atoms with Gasteiger partial charge in [0.1, 0.15) is 5.76 Å². The van der Waals surface area contributed by atoms with Crippen molar-refractivity contribution in [3.05, 3.63) is 66.2 Å². The molecule has 0 unspecified atom stereocenters. The van der Waals surface area contributed by atoms with Crippen LogP contribution in [0.25, 0.3) is 27.9 Å². The Labute approximate surface area is 155 Å². The van der Waals surface area contributed by atoms with Crippen LogP contribution >= 0.6 is 0 Å². The summed E-state index contributed by atoms with van der Waals surface area (Å²) in [6.45, 7) is 3.70. The maximum Gasteiger partial charge on any atom is 0.115 e. The van der Waals surface area contributed by atoms with Gasteiger partial charge in [0.2, 0.25) is 0 Å². The fourth-order valence-corrected chi connectivity index (χ4v) is 4.57. The molecule has 2 aromatic carbocycles. The zero-order valence-corrected chi connectivity index (χ0v) is 15.5. The molecule has 0 atom stereocenters. The predicted molar refractivity (Wildman–Crippen MR) is 110 cm³/mol. The Balaban J connectivity index is 1.98. The van der Waals surface area contributed by atoms with Crippen LogP contribution in [-0.4, -0.2) is 9.67 Å². The summed E-state index contributed by atoms with van der Waals surface area (Å²) < 4.78 is 2.30. The molecule has 1 fully saturated rings. The zero-order valence-electron chi connectivity index (χ0n) is 15.5. The lowest BCUT2D eigenvalue weighted by molar-refractivity contribution is 0.514. The zero-order chi connectivity index (χ0) is 18.1. The summed E-state index contributed by atoms with van der Waals surface area (Å²) in [7, 11) is 2.15. The standard InChI is InChI=1S/C24H27NO/c1-17(26)20-14-15-21-22(16-20)25(2)24(19-12-8-5-9-13-19)23(21)18-10-6-3-4-7-11-18/h5,8-9,12-16,18,26H,1,3-4,6-7,10-11H2,2H3. The van der Waals surface area contributed by atoms with Crippen molar-refractivity contribution in [2.75, 3.05) is 0 Å². The van der Waals surface area contributed by atoms with Gasteiger partial charge in [0, 0.05) is 23.5 Å². The second kappa shape index (κ2) is 7.03. The lowest BCUT2D eigenvalue weighted by Gasteiger charge is -2.17. The van der Waals surface area contributed by atoms with Crippen molar-refractivity contribution in [2.45, 2.75) is 44.4 Å². The smallest absolute Gasteiger partial charge is 0.115 e. The quantitative estimate of drug-likeness (QED) is 0.409. The highest BCUT2D eigenvalue weighted by molar-refractivity contribution is 5.94. The van der Waals surface area contributed by atoms with Crippen LogP contribution in [0.1, 0.15) is 55.6 Å². The number of nitrogens with zero attached hydrogens (tertiary/aromatic N) is 1. The summed E-state index contributed by atoms with van der Waals surface area (Å²) >= 11 is 0. The van der Waals surface area contributed by atoms with Gasteiger partial charge in [0.05, 0.1) is 5.69 Å². The van der Waals surface area contributed by atoms with Gasteiger partial charge >= 0.3 is 0 Å². The number of aliphatic hydroxyl groups excluding tert-OH is 1. The summed E-state index contributed by atoms with van der Waals surface area (Å²) in [6.07, 6.45) is 7.90. The van der Waals surface area contributed by atoms with E-state index in [4.69, 9.17) is 0 Å². The monoisotopic (exact) mass is 345 g/mol. The number of aromatic nitrogens is 1. The fourth-order valence-electron chi connectivity index (χ4n) is 4.57. The molecule has 1 saturated carbocycles. The van der Waals surface area contributed by atoms with Gasteiger partial charge in [0.25, 0.3) is 0 Å². The highest BCUT2D eigenvalue weighted by Gasteiger charge is 2.25. The van der Waals surface area contributed by atoms with Crippen molar-refractivity contribution in [3.63, 3.8) is 0 Å². The summed E-state index contributed by atoms with van der Waals surface area (Å²) in [6, 6.07) is 17.0. The van der Waals surface area contributed by atoms with Crippen LogP contribution in [0.4, 0.5) is 0 Å². The molecule has 1 aliphatic carbocycles. The molecule has 134 valence electrons. The van der Waals surface area contributed by atoms with Crippen LogP contribution in [0.15, 0.2) is 55.1 Å². The third-order valence-electron chi connectivity index (χ3n) is 5.88. The summed E-state index contributed by atoms with van der Waals surface area (Å²) in [5, 5.41) is 11.2. The molecule has 1 aliphatic rings. The van der Waals surface area contributed by atoms with Crippen molar-refractivity contribution in [3.8, 4) is 11.3 Å². The lowest BCUT2D eigenvalue weighted by atomic mass is 9.87. The second-order valence-corrected chi connectivity index (χ2v) is 7.55. The molecule has 3 aromatic rings. The number of fused-ring (bicyclic) bond motifs is 1. The number of benzene rings is 2. The van der Waals surface area contributed by atoms with Gasteiger partial charge in [-0.15, -0.1) is 0 Å². The maximum atomic E-state index is 9.85. The van der Waals surface area contributed by atoms with E-state index >= 15 is 0 Å². The molecule has 1 heterocycles. The summed E-state index contributed by atoms with van der Waals surface area (Å²) in [4.78, 5) is 0. The number of hydrogen-bond donors (Lipinski definition) is 1. The number of rotatable bonds is 3. The van der Waals surface area contributed by atoms with E-state index in [9.17, 15) is 5.11 Å². The van der Waals surface area contributed by atoms with Gasteiger partial charge in [-0.1, -0.05) is 74.7 Å². The Morgan fingerprint density at radius 1 is 1.00 bits per heavy atom. The van der Waals surface area contributed by atoms with E-state index in [2.05, 4.69) is 60.7 Å².